The van der Waals surface area contributed by atoms with Gasteiger partial charge in [-0.15, -0.1) is 10.2 Å². The van der Waals surface area contributed by atoms with Crippen LogP contribution < -0.4 is 10.9 Å². The molecule has 0 unspecified atom stereocenters. The topological polar surface area (TPSA) is 128 Å². The number of amides is 2. The number of carbonyl (C=O) groups excluding carboxylic acids is 3. The predicted molar refractivity (Wildman–Crippen MR) is 101 cm³/mol. The molecule has 11 heteroatoms. The number of hydrogen-bond acceptors (Lipinski definition) is 7. The highest BCUT2D eigenvalue weighted by molar-refractivity contribution is 6.30. The molecule has 0 fully saturated rings. The lowest BCUT2D eigenvalue weighted by Crippen LogP contribution is -2.43. The summed E-state index contributed by atoms with van der Waals surface area (Å²) >= 11 is 5.83. The van der Waals surface area contributed by atoms with Crippen molar-refractivity contribution in [2.75, 3.05) is 6.61 Å². The zero-order valence-corrected chi connectivity index (χ0v) is 15.7. The van der Waals surface area contributed by atoms with Crippen molar-refractivity contribution >= 4 is 29.4 Å². The van der Waals surface area contributed by atoms with Gasteiger partial charge in [0.25, 0.3) is 11.8 Å². The minimum Gasteiger partial charge on any atom is -0.454 e. The van der Waals surface area contributed by atoms with E-state index in [0.717, 1.165) is 4.80 Å². The lowest BCUT2D eigenvalue weighted by atomic mass is 10.2. The van der Waals surface area contributed by atoms with Gasteiger partial charge in [-0.3, -0.25) is 20.4 Å². The molecule has 0 spiro atoms. The van der Waals surface area contributed by atoms with Crippen LogP contribution in [0.4, 0.5) is 0 Å². The molecule has 10 nitrogen and oxygen atoms in total. The lowest BCUT2D eigenvalue weighted by molar-refractivity contribution is -0.149. The number of hydrogen-bond donors (Lipinski definition) is 2. The Bertz CT molecular complexity index is 1010. The summed E-state index contributed by atoms with van der Waals surface area (Å²) in [6, 6.07) is 15.1. The number of nitrogens with one attached hydrogen (secondary N) is 2. The van der Waals surface area contributed by atoms with Crippen LogP contribution in [0.5, 0.6) is 0 Å². The monoisotopic (exact) mass is 414 g/mol. The first kappa shape index (κ1) is 20.0. The standard InChI is InChI=1S/C18H15ClN6O4/c19-14-8-6-12(7-9-14)17-21-24-25(23-17)10-16(27)29-11-15(26)20-22-18(28)13-4-2-1-3-5-13/h1-9H,10-11H2,(H,20,26)(H,22,28). The van der Waals surface area contributed by atoms with Gasteiger partial charge in [-0.2, -0.15) is 4.80 Å². The molecule has 1 aromatic heterocycles. The summed E-state index contributed by atoms with van der Waals surface area (Å²) in [5.74, 6) is -1.62. The fourth-order valence-corrected chi connectivity index (χ4v) is 2.28. The number of tetrazole rings is 1. The second-order valence-corrected chi connectivity index (χ2v) is 6.12. The fraction of sp³-hybridized carbons (Fsp3) is 0.111. The van der Waals surface area contributed by atoms with E-state index in [0.29, 0.717) is 22.0 Å². The number of rotatable bonds is 6. The van der Waals surface area contributed by atoms with E-state index >= 15 is 0 Å². The van der Waals surface area contributed by atoms with Crippen LogP contribution in [0.15, 0.2) is 54.6 Å². The van der Waals surface area contributed by atoms with E-state index in [2.05, 4.69) is 26.3 Å². The number of nitrogens with zero attached hydrogens (tertiary/aromatic N) is 4. The molecule has 1 heterocycles. The first-order valence-corrected chi connectivity index (χ1v) is 8.72. The molecule has 0 aliphatic rings. The van der Waals surface area contributed by atoms with Crippen molar-refractivity contribution < 1.29 is 19.1 Å². The molecule has 29 heavy (non-hydrogen) atoms. The quantitative estimate of drug-likeness (QED) is 0.454. The molecule has 0 radical (unpaired) electrons. The van der Waals surface area contributed by atoms with Crippen LogP contribution in [-0.4, -0.2) is 44.6 Å². The Morgan fingerprint density at radius 3 is 2.45 bits per heavy atom. The highest BCUT2D eigenvalue weighted by Crippen LogP contribution is 2.16. The van der Waals surface area contributed by atoms with Crippen molar-refractivity contribution in [3.05, 3.63) is 65.2 Å². The SMILES string of the molecule is O=C(COC(=O)Cn1nnc(-c2ccc(Cl)cc2)n1)NNC(=O)c1ccccc1. The van der Waals surface area contributed by atoms with E-state index in [1.54, 1.807) is 54.6 Å². The molecule has 2 amide bonds. The Balaban J connectivity index is 1.42. The summed E-state index contributed by atoms with van der Waals surface area (Å²) in [5, 5.41) is 12.2. The number of carbonyl (C=O) groups is 3. The molecule has 0 bridgehead atoms. The van der Waals surface area contributed by atoms with Gasteiger partial charge in [0, 0.05) is 16.1 Å². The van der Waals surface area contributed by atoms with E-state index in [9.17, 15) is 14.4 Å². The fourth-order valence-electron chi connectivity index (χ4n) is 2.16. The Morgan fingerprint density at radius 2 is 1.72 bits per heavy atom. The average molecular weight is 415 g/mol. The van der Waals surface area contributed by atoms with Crippen molar-refractivity contribution in [3.63, 3.8) is 0 Å². The van der Waals surface area contributed by atoms with Crippen LogP contribution in [0.25, 0.3) is 11.4 Å². The normalized spacial score (nSPS) is 10.2. The summed E-state index contributed by atoms with van der Waals surface area (Å²) in [6.07, 6.45) is 0. The van der Waals surface area contributed by atoms with Crippen molar-refractivity contribution in [2.24, 2.45) is 0 Å². The van der Waals surface area contributed by atoms with Crippen LogP contribution >= 0.6 is 11.6 Å². The molecule has 3 aromatic rings. The third kappa shape index (κ3) is 5.84. The van der Waals surface area contributed by atoms with Gasteiger partial charge in [-0.1, -0.05) is 29.8 Å². The zero-order chi connectivity index (χ0) is 20.6. The van der Waals surface area contributed by atoms with Gasteiger partial charge in [0.1, 0.15) is 0 Å². The summed E-state index contributed by atoms with van der Waals surface area (Å²) in [5.41, 5.74) is 5.43. The summed E-state index contributed by atoms with van der Waals surface area (Å²) in [6.45, 7) is -0.906. The maximum absolute atomic E-state index is 11.8. The molecule has 0 saturated heterocycles. The molecular formula is C18H15ClN6O4. The van der Waals surface area contributed by atoms with Crippen LogP contribution in [0.3, 0.4) is 0 Å². The van der Waals surface area contributed by atoms with Crippen molar-refractivity contribution in [1.29, 1.82) is 0 Å². The largest absolute Gasteiger partial charge is 0.454 e. The van der Waals surface area contributed by atoms with E-state index in [1.165, 1.54) is 0 Å². The number of aromatic nitrogens is 4. The van der Waals surface area contributed by atoms with Crippen LogP contribution in [0, 0.1) is 0 Å². The number of benzene rings is 2. The van der Waals surface area contributed by atoms with Crippen molar-refractivity contribution in [1.82, 2.24) is 31.1 Å². The zero-order valence-electron chi connectivity index (χ0n) is 14.9. The smallest absolute Gasteiger partial charge is 0.330 e. The lowest BCUT2D eigenvalue weighted by Gasteiger charge is -2.07. The highest BCUT2D eigenvalue weighted by atomic mass is 35.5. The van der Waals surface area contributed by atoms with Crippen LogP contribution in [0.2, 0.25) is 5.02 Å². The molecular weight excluding hydrogens is 400 g/mol. The van der Waals surface area contributed by atoms with Gasteiger partial charge in [-0.05, 0) is 41.6 Å². The number of esters is 1. The van der Waals surface area contributed by atoms with Crippen molar-refractivity contribution in [2.45, 2.75) is 6.54 Å². The van der Waals surface area contributed by atoms with E-state index in [1.807, 2.05) is 0 Å². The van der Waals surface area contributed by atoms with Crippen molar-refractivity contribution in [3.8, 4) is 11.4 Å². The molecule has 2 N–H and O–H groups in total. The molecule has 2 aromatic carbocycles. The van der Waals surface area contributed by atoms with E-state index in [-0.39, 0.29) is 6.54 Å². The van der Waals surface area contributed by atoms with E-state index in [4.69, 9.17) is 16.3 Å². The average Bonchev–Trinajstić information content (AvgIpc) is 3.20. The van der Waals surface area contributed by atoms with Crippen LogP contribution in [-0.2, 0) is 20.9 Å². The first-order chi connectivity index (χ1) is 14.0. The molecule has 0 aliphatic carbocycles. The summed E-state index contributed by atoms with van der Waals surface area (Å²) < 4.78 is 4.83. The molecule has 3 rings (SSSR count). The number of halogens is 1. The minimum absolute atomic E-state index is 0.316. The second kappa shape index (κ2) is 9.42. The molecule has 148 valence electrons. The van der Waals surface area contributed by atoms with Gasteiger partial charge in [0.15, 0.2) is 13.2 Å². The maximum Gasteiger partial charge on any atom is 0.330 e. The number of ether oxygens (including phenoxy) is 1. The molecule has 0 atom stereocenters. The van der Waals surface area contributed by atoms with Gasteiger partial charge in [0.2, 0.25) is 5.82 Å². The second-order valence-electron chi connectivity index (χ2n) is 5.68. The predicted octanol–water partition coefficient (Wildman–Crippen LogP) is 0.998. The first-order valence-electron chi connectivity index (χ1n) is 8.35. The Labute approximate surface area is 169 Å². The van der Waals surface area contributed by atoms with Crippen LogP contribution in [0.1, 0.15) is 10.4 Å². The maximum atomic E-state index is 11.8. The summed E-state index contributed by atoms with van der Waals surface area (Å²) in [7, 11) is 0. The minimum atomic E-state index is -0.741. The number of hydrazine groups is 1. The third-order valence-electron chi connectivity index (χ3n) is 3.54. The highest BCUT2D eigenvalue weighted by Gasteiger charge is 2.13. The van der Waals surface area contributed by atoms with Gasteiger partial charge < -0.3 is 4.74 Å². The third-order valence-corrected chi connectivity index (χ3v) is 3.79. The Hall–Kier alpha value is -3.79. The van der Waals surface area contributed by atoms with E-state index < -0.39 is 24.4 Å². The van der Waals surface area contributed by atoms with Gasteiger partial charge >= 0.3 is 5.97 Å². The summed E-state index contributed by atoms with van der Waals surface area (Å²) in [4.78, 5) is 36.4. The molecule has 0 aliphatic heterocycles. The molecule has 0 saturated carbocycles. The van der Waals surface area contributed by atoms with Gasteiger partial charge in [0.05, 0.1) is 0 Å². The Kier molecular flexibility index (Phi) is 6.48. The Morgan fingerprint density at radius 1 is 1.00 bits per heavy atom. The van der Waals surface area contributed by atoms with Gasteiger partial charge in [-0.25, -0.2) is 4.79 Å².